The van der Waals surface area contributed by atoms with Crippen LogP contribution in [0.15, 0.2) is 51.7 Å². The summed E-state index contributed by atoms with van der Waals surface area (Å²) in [5.41, 5.74) is 4.13. The highest BCUT2D eigenvalue weighted by atomic mass is 16.5. The lowest BCUT2D eigenvalue weighted by molar-refractivity contribution is -0.132. The molecule has 1 aliphatic rings. The fraction of sp³-hybridized carbons (Fsp3) is 0.360. The van der Waals surface area contributed by atoms with Crippen LogP contribution in [-0.4, -0.2) is 25.0 Å². The van der Waals surface area contributed by atoms with E-state index < -0.39 is 0 Å². The zero-order valence-corrected chi connectivity index (χ0v) is 17.7. The van der Waals surface area contributed by atoms with Crippen molar-refractivity contribution < 1.29 is 13.9 Å². The van der Waals surface area contributed by atoms with Crippen LogP contribution in [0.4, 0.5) is 0 Å². The maximum atomic E-state index is 13.0. The molecule has 1 aliphatic carbocycles. The molecule has 0 fully saturated rings. The Morgan fingerprint density at radius 1 is 1.23 bits per heavy atom. The summed E-state index contributed by atoms with van der Waals surface area (Å²) in [6, 6.07) is 13.9. The number of nitrogens with zero attached hydrogens (tertiary/aromatic N) is 1. The van der Waals surface area contributed by atoms with E-state index in [2.05, 4.69) is 18.2 Å². The van der Waals surface area contributed by atoms with E-state index in [1.165, 1.54) is 11.1 Å². The number of amides is 1. The van der Waals surface area contributed by atoms with E-state index in [4.69, 9.17) is 9.15 Å². The molecule has 5 heteroatoms. The molecule has 0 bridgehead atoms. The molecular formula is C25H27NO4. The van der Waals surface area contributed by atoms with Gasteiger partial charge >= 0.3 is 5.63 Å². The van der Waals surface area contributed by atoms with Crippen molar-refractivity contribution in [2.45, 2.75) is 45.1 Å². The van der Waals surface area contributed by atoms with Crippen LogP contribution in [0.5, 0.6) is 5.75 Å². The minimum absolute atomic E-state index is 0.0466. The summed E-state index contributed by atoms with van der Waals surface area (Å²) in [6.45, 7) is 1.91. The monoisotopic (exact) mass is 405 g/mol. The van der Waals surface area contributed by atoms with Gasteiger partial charge in [-0.2, -0.15) is 0 Å². The molecule has 156 valence electrons. The van der Waals surface area contributed by atoms with Gasteiger partial charge in [0.2, 0.25) is 5.91 Å². The van der Waals surface area contributed by atoms with Gasteiger partial charge in [-0.05, 0) is 61.4 Å². The largest absolute Gasteiger partial charge is 0.497 e. The average molecular weight is 405 g/mol. The number of ether oxygens (including phenoxy) is 1. The number of hydrogen-bond acceptors (Lipinski definition) is 4. The van der Waals surface area contributed by atoms with E-state index in [-0.39, 0.29) is 24.0 Å². The normalized spacial score (nSPS) is 15.6. The predicted octanol–water partition coefficient (Wildman–Crippen LogP) is 4.58. The second kappa shape index (κ2) is 8.34. The van der Waals surface area contributed by atoms with Crippen molar-refractivity contribution in [1.82, 2.24) is 4.90 Å². The van der Waals surface area contributed by atoms with Crippen LogP contribution in [0.2, 0.25) is 0 Å². The highest BCUT2D eigenvalue weighted by Crippen LogP contribution is 2.34. The van der Waals surface area contributed by atoms with Gasteiger partial charge in [0.05, 0.1) is 13.2 Å². The molecule has 2 aromatic carbocycles. The van der Waals surface area contributed by atoms with Crippen LogP contribution >= 0.6 is 0 Å². The quantitative estimate of drug-likeness (QED) is 0.583. The smallest absolute Gasteiger partial charge is 0.339 e. The first kappa shape index (κ1) is 20.2. The molecule has 4 rings (SSSR count). The van der Waals surface area contributed by atoms with Crippen LogP contribution < -0.4 is 10.4 Å². The first-order valence-electron chi connectivity index (χ1n) is 10.4. The third-order valence-electron chi connectivity index (χ3n) is 6.28. The van der Waals surface area contributed by atoms with Gasteiger partial charge in [-0.1, -0.05) is 24.3 Å². The Morgan fingerprint density at radius 2 is 2.03 bits per heavy atom. The molecule has 30 heavy (non-hydrogen) atoms. The number of hydrogen-bond donors (Lipinski definition) is 0. The van der Waals surface area contributed by atoms with Crippen molar-refractivity contribution >= 4 is 16.9 Å². The number of carbonyl (C=O) groups is 1. The third kappa shape index (κ3) is 3.72. The molecule has 5 nitrogen and oxygen atoms in total. The van der Waals surface area contributed by atoms with E-state index in [0.29, 0.717) is 23.3 Å². The van der Waals surface area contributed by atoms with Crippen LogP contribution in [0.3, 0.4) is 0 Å². The summed E-state index contributed by atoms with van der Waals surface area (Å²) in [5.74, 6) is 0.688. The third-order valence-corrected chi connectivity index (χ3v) is 6.28. The summed E-state index contributed by atoms with van der Waals surface area (Å²) in [6.07, 6.45) is 3.77. The van der Waals surface area contributed by atoms with Crippen LogP contribution in [0.25, 0.3) is 11.0 Å². The Bertz CT molecular complexity index is 1150. The minimum atomic E-state index is -0.383. The lowest BCUT2D eigenvalue weighted by Crippen LogP contribution is -2.33. The number of methoxy groups -OCH3 is 1. The number of aryl methyl sites for hydroxylation is 2. The van der Waals surface area contributed by atoms with Crippen molar-refractivity contribution in [3.8, 4) is 5.75 Å². The Morgan fingerprint density at radius 3 is 2.83 bits per heavy atom. The van der Waals surface area contributed by atoms with E-state index in [9.17, 15) is 9.59 Å². The average Bonchev–Trinajstić information content (AvgIpc) is 2.77. The van der Waals surface area contributed by atoms with Crippen molar-refractivity contribution in [2.75, 3.05) is 14.2 Å². The van der Waals surface area contributed by atoms with Gasteiger partial charge < -0.3 is 14.1 Å². The fourth-order valence-electron chi connectivity index (χ4n) is 4.50. The zero-order valence-electron chi connectivity index (χ0n) is 17.7. The molecule has 0 unspecified atom stereocenters. The number of fused-ring (bicyclic) bond motifs is 2. The second-order valence-corrected chi connectivity index (χ2v) is 7.97. The first-order valence-corrected chi connectivity index (χ1v) is 10.4. The van der Waals surface area contributed by atoms with Gasteiger partial charge in [0.1, 0.15) is 11.3 Å². The Hall–Kier alpha value is -3.08. The molecule has 0 aliphatic heterocycles. The molecular weight excluding hydrogens is 378 g/mol. The van der Waals surface area contributed by atoms with Crippen LogP contribution in [-0.2, 0) is 17.6 Å². The van der Waals surface area contributed by atoms with Gasteiger partial charge in [-0.3, -0.25) is 4.79 Å². The fourth-order valence-corrected chi connectivity index (χ4v) is 4.50. The molecule has 1 atom stereocenters. The first-order chi connectivity index (χ1) is 14.5. The Kier molecular flexibility index (Phi) is 5.62. The molecule has 1 aromatic heterocycles. The minimum Gasteiger partial charge on any atom is -0.497 e. The lowest BCUT2D eigenvalue weighted by Gasteiger charge is -2.33. The molecule has 0 saturated heterocycles. The van der Waals surface area contributed by atoms with Crippen molar-refractivity contribution in [3.05, 3.63) is 75.1 Å². The van der Waals surface area contributed by atoms with Gasteiger partial charge in [0.15, 0.2) is 0 Å². The van der Waals surface area contributed by atoms with Crippen molar-refractivity contribution in [2.24, 2.45) is 0 Å². The SMILES string of the molecule is COc1ccc2c(C)c(CCC(=O)N(C)[C@H]3CCCc4ccccc43)c(=O)oc2c1. The molecule has 0 spiro atoms. The summed E-state index contributed by atoms with van der Waals surface area (Å²) in [5, 5.41) is 0.868. The van der Waals surface area contributed by atoms with E-state index >= 15 is 0 Å². The van der Waals surface area contributed by atoms with Gasteiger partial charge in [0, 0.05) is 30.5 Å². The van der Waals surface area contributed by atoms with Crippen molar-refractivity contribution in [3.63, 3.8) is 0 Å². The van der Waals surface area contributed by atoms with E-state index in [1.54, 1.807) is 13.2 Å². The highest BCUT2D eigenvalue weighted by molar-refractivity contribution is 5.83. The summed E-state index contributed by atoms with van der Waals surface area (Å²) < 4.78 is 10.7. The number of carbonyl (C=O) groups excluding carboxylic acids is 1. The van der Waals surface area contributed by atoms with Gasteiger partial charge in [-0.15, -0.1) is 0 Å². The molecule has 0 saturated carbocycles. The maximum Gasteiger partial charge on any atom is 0.339 e. The summed E-state index contributed by atoms with van der Waals surface area (Å²) >= 11 is 0. The van der Waals surface area contributed by atoms with Crippen LogP contribution in [0, 0.1) is 6.92 Å². The number of rotatable bonds is 5. The Balaban J connectivity index is 1.53. The summed E-state index contributed by atoms with van der Waals surface area (Å²) in [7, 11) is 3.45. The second-order valence-electron chi connectivity index (χ2n) is 7.97. The molecule has 1 amide bonds. The molecule has 0 radical (unpaired) electrons. The molecule has 3 aromatic rings. The van der Waals surface area contributed by atoms with Gasteiger partial charge in [0.25, 0.3) is 0 Å². The van der Waals surface area contributed by atoms with Crippen LogP contribution in [0.1, 0.15) is 47.6 Å². The standard InChI is InChI=1S/C25H27NO4/c1-16-19-12-11-18(29-3)15-23(19)30-25(28)20(16)13-14-24(27)26(2)22-10-6-8-17-7-4-5-9-21(17)22/h4-5,7,9,11-12,15,22H,6,8,10,13-14H2,1-3H3/t22-/m0/s1. The van der Waals surface area contributed by atoms with E-state index in [1.807, 2.05) is 37.1 Å². The van der Waals surface area contributed by atoms with E-state index in [0.717, 1.165) is 30.2 Å². The lowest BCUT2D eigenvalue weighted by atomic mass is 9.87. The molecule has 0 N–H and O–H groups in total. The predicted molar refractivity (Wildman–Crippen MR) is 117 cm³/mol. The van der Waals surface area contributed by atoms with Gasteiger partial charge in [-0.25, -0.2) is 4.79 Å². The Labute approximate surface area is 176 Å². The number of benzene rings is 2. The highest BCUT2D eigenvalue weighted by Gasteiger charge is 2.26. The molecule has 1 heterocycles. The van der Waals surface area contributed by atoms with Crippen molar-refractivity contribution in [1.29, 1.82) is 0 Å². The topological polar surface area (TPSA) is 59.8 Å². The maximum absolute atomic E-state index is 13.0. The zero-order chi connectivity index (χ0) is 21.3. The summed E-state index contributed by atoms with van der Waals surface area (Å²) in [4.78, 5) is 27.4.